The number of nitrogens with one attached hydrogen (secondary N) is 1. The van der Waals surface area contributed by atoms with Gasteiger partial charge in [0, 0.05) is 19.6 Å². The molecule has 1 aliphatic carbocycles. The number of hydrogen-bond donors (Lipinski definition) is 1. The van der Waals surface area contributed by atoms with E-state index in [9.17, 15) is 9.59 Å². The quantitative estimate of drug-likeness (QED) is 0.706. The largest absolute Gasteiger partial charge is 0.449 e. The van der Waals surface area contributed by atoms with Crippen LogP contribution in [0.5, 0.6) is 0 Å². The lowest BCUT2D eigenvalue weighted by Crippen LogP contribution is -2.50. The van der Waals surface area contributed by atoms with Crippen LogP contribution in [0.25, 0.3) is 0 Å². The molecule has 2 aliphatic rings. The van der Waals surface area contributed by atoms with Crippen molar-refractivity contribution in [3.05, 3.63) is 35.9 Å². The standard InChI is InChI=1S/C22H32N2O4/c1-2-3-13-27-21(26)24-11-9-22(10-12-24)14-19(15-22)16-23-20(25)28-17-18-7-5-4-6-8-18/h4-8,19H,2-3,9-17H2,1H3,(H,23,25). The number of piperidine rings is 1. The number of unbranched alkanes of at least 4 members (excludes halogenated alkanes) is 1. The summed E-state index contributed by atoms with van der Waals surface area (Å²) in [6.45, 7) is 5.13. The molecule has 1 aliphatic heterocycles. The first-order valence-corrected chi connectivity index (χ1v) is 10.5. The Bertz CT molecular complexity index is 633. The fourth-order valence-electron chi connectivity index (χ4n) is 4.28. The third kappa shape index (κ3) is 5.63. The van der Waals surface area contributed by atoms with E-state index in [-0.39, 0.29) is 12.2 Å². The van der Waals surface area contributed by atoms with Crippen molar-refractivity contribution in [2.75, 3.05) is 26.2 Å². The molecule has 6 heteroatoms. The molecule has 0 radical (unpaired) electrons. The maximum Gasteiger partial charge on any atom is 0.409 e. The lowest BCUT2D eigenvalue weighted by Gasteiger charge is -2.52. The summed E-state index contributed by atoms with van der Waals surface area (Å²) in [5.41, 5.74) is 1.33. The summed E-state index contributed by atoms with van der Waals surface area (Å²) < 4.78 is 10.6. The van der Waals surface area contributed by atoms with Gasteiger partial charge in [-0.25, -0.2) is 9.59 Å². The first-order chi connectivity index (χ1) is 13.6. The van der Waals surface area contributed by atoms with E-state index in [0.29, 0.717) is 31.1 Å². The van der Waals surface area contributed by atoms with Crippen LogP contribution in [0.1, 0.15) is 51.0 Å². The first kappa shape index (κ1) is 20.5. The molecule has 6 nitrogen and oxygen atoms in total. The van der Waals surface area contributed by atoms with E-state index in [4.69, 9.17) is 9.47 Å². The molecule has 2 amide bonds. The molecule has 0 bridgehead atoms. The van der Waals surface area contributed by atoms with Gasteiger partial charge in [-0.1, -0.05) is 43.7 Å². The number of ether oxygens (including phenoxy) is 2. The summed E-state index contributed by atoms with van der Waals surface area (Å²) >= 11 is 0. The van der Waals surface area contributed by atoms with Crippen molar-refractivity contribution < 1.29 is 19.1 Å². The minimum Gasteiger partial charge on any atom is -0.449 e. The fraction of sp³-hybridized carbons (Fsp3) is 0.636. The van der Waals surface area contributed by atoms with E-state index in [1.54, 1.807) is 0 Å². The number of carbonyl (C=O) groups excluding carboxylic acids is 2. The Balaban J connectivity index is 1.28. The van der Waals surface area contributed by atoms with Gasteiger partial charge in [0.2, 0.25) is 0 Å². The highest BCUT2D eigenvalue weighted by Crippen LogP contribution is 2.52. The second-order valence-electron chi connectivity index (χ2n) is 8.17. The molecule has 1 saturated carbocycles. The summed E-state index contributed by atoms with van der Waals surface area (Å²) in [4.78, 5) is 25.7. The van der Waals surface area contributed by atoms with Gasteiger partial charge in [-0.2, -0.15) is 0 Å². The van der Waals surface area contributed by atoms with E-state index in [1.807, 2.05) is 35.2 Å². The Morgan fingerprint density at radius 2 is 1.86 bits per heavy atom. The van der Waals surface area contributed by atoms with Crippen LogP contribution in [-0.2, 0) is 16.1 Å². The second kappa shape index (κ2) is 9.80. The second-order valence-corrected chi connectivity index (χ2v) is 8.17. The maximum atomic E-state index is 12.0. The summed E-state index contributed by atoms with van der Waals surface area (Å²) in [6, 6.07) is 9.68. The van der Waals surface area contributed by atoms with E-state index in [2.05, 4.69) is 12.2 Å². The number of carbonyl (C=O) groups is 2. The van der Waals surface area contributed by atoms with Crippen molar-refractivity contribution in [1.29, 1.82) is 0 Å². The highest BCUT2D eigenvalue weighted by atomic mass is 16.6. The number of alkyl carbamates (subject to hydrolysis) is 1. The molecule has 1 spiro atoms. The Kier molecular flexibility index (Phi) is 7.18. The molecule has 0 atom stereocenters. The zero-order valence-corrected chi connectivity index (χ0v) is 16.8. The van der Waals surface area contributed by atoms with Gasteiger partial charge in [0.1, 0.15) is 6.61 Å². The predicted octanol–water partition coefficient (Wildman–Crippen LogP) is 4.34. The highest BCUT2D eigenvalue weighted by Gasteiger charge is 2.46. The monoisotopic (exact) mass is 388 g/mol. The van der Waals surface area contributed by atoms with Gasteiger partial charge in [0.25, 0.3) is 0 Å². The van der Waals surface area contributed by atoms with Crippen LogP contribution in [0.4, 0.5) is 9.59 Å². The third-order valence-electron chi connectivity index (χ3n) is 6.00. The van der Waals surface area contributed by atoms with Crippen molar-refractivity contribution in [3.8, 4) is 0 Å². The van der Waals surface area contributed by atoms with Crippen LogP contribution in [0.3, 0.4) is 0 Å². The number of amides is 2. The van der Waals surface area contributed by atoms with Gasteiger partial charge in [0.15, 0.2) is 0 Å². The molecular formula is C22H32N2O4. The summed E-state index contributed by atoms with van der Waals surface area (Å²) in [5.74, 6) is 0.507. The van der Waals surface area contributed by atoms with Crippen molar-refractivity contribution >= 4 is 12.2 Å². The first-order valence-electron chi connectivity index (χ1n) is 10.5. The normalized spacial score (nSPS) is 18.4. The Morgan fingerprint density at radius 3 is 2.54 bits per heavy atom. The molecule has 1 heterocycles. The molecule has 1 aromatic carbocycles. The van der Waals surface area contributed by atoms with E-state index < -0.39 is 0 Å². The zero-order chi connectivity index (χ0) is 19.8. The summed E-state index contributed by atoms with van der Waals surface area (Å²) in [5, 5.41) is 2.89. The lowest BCUT2D eigenvalue weighted by atomic mass is 9.57. The zero-order valence-electron chi connectivity index (χ0n) is 16.8. The van der Waals surface area contributed by atoms with E-state index >= 15 is 0 Å². The lowest BCUT2D eigenvalue weighted by molar-refractivity contribution is -0.0127. The summed E-state index contributed by atoms with van der Waals surface area (Å²) in [6.07, 6.45) is 5.74. The number of benzene rings is 1. The van der Waals surface area contributed by atoms with Crippen LogP contribution < -0.4 is 5.32 Å². The predicted molar refractivity (Wildman–Crippen MR) is 107 cm³/mol. The van der Waals surface area contributed by atoms with E-state index in [0.717, 1.165) is 57.2 Å². The van der Waals surface area contributed by atoms with Crippen LogP contribution >= 0.6 is 0 Å². The summed E-state index contributed by atoms with van der Waals surface area (Å²) in [7, 11) is 0. The SMILES string of the molecule is CCCCOC(=O)N1CCC2(CC1)CC(CNC(=O)OCc1ccccc1)C2. The molecule has 1 N–H and O–H groups in total. The van der Waals surface area contributed by atoms with Gasteiger partial charge in [0.05, 0.1) is 6.61 Å². The number of nitrogens with zero attached hydrogens (tertiary/aromatic N) is 1. The highest BCUT2D eigenvalue weighted by molar-refractivity contribution is 5.68. The molecular weight excluding hydrogens is 356 g/mol. The Hall–Kier alpha value is -2.24. The maximum absolute atomic E-state index is 12.0. The van der Waals surface area contributed by atoms with Crippen molar-refractivity contribution in [2.24, 2.45) is 11.3 Å². The molecule has 1 aromatic rings. The molecule has 0 unspecified atom stereocenters. The average Bonchev–Trinajstić information content (AvgIpc) is 2.70. The minimum absolute atomic E-state index is 0.165. The molecule has 154 valence electrons. The third-order valence-corrected chi connectivity index (χ3v) is 6.00. The van der Waals surface area contributed by atoms with Crippen molar-refractivity contribution in [2.45, 2.75) is 52.1 Å². The molecule has 2 fully saturated rings. The van der Waals surface area contributed by atoms with Gasteiger partial charge < -0.3 is 19.7 Å². The fourth-order valence-corrected chi connectivity index (χ4v) is 4.28. The molecule has 28 heavy (non-hydrogen) atoms. The van der Waals surface area contributed by atoms with Crippen LogP contribution in [0, 0.1) is 11.3 Å². The smallest absolute Gasteiger partial charge is 0.409 e. The van der Waals surface area contributed by atoms with E-state index in [1.165, 1.54) is 0 Å². The molecule has 0 aromatic heterocycles. The number of hydrogen-bond acceptors (Lipinski definition) is 4. The van der Waals surface area contributed by atoms with Crippen LogP contribution in [0.2, 0.25) is 0 Å². The minimum atomic E-state index is -0.352. The Labute approximate surface area is 167 Å². The van der Waals surface area contributed by atoms with Gasteiger partial charge >= 0.3 is 12.2 Å². The average molecular weight is 389 g/mol. The van der Waals surface area contributed by atoms with Crippen LogP contribution in [-0.4, -0.2) is 43.3 Å². The van der Waals surface area contributed by atoms with Gasteiger partial charge in [-0.3, -0.25) is 0 Å². The van der Waals surface area contributed by atoms with Gasteiger partial charge in [-0.05, 0) is 49.0 Å². The van der Waals surface area contributed by atoms with Crippen molar-refractivity contribution in [3.63, 3.8) is 0 Å². The topological polar surface area (TPSA) is 67.9 Å². The molecule has 1 saturated heterocycles. The van der Waals surface area contributed by atoms with Gasteiger partial charge in [-0.15, -0.1) is 0 Å². The van der Waals surface area contributed by atoms with Crippen LogP contribution in [0.15, 0.2) is 30.3 Å². The number of rotatable bonds is 7. The van der Waals surface area contributed by atoms with Crippen molar-refractivity contribution in [1.82, 2.24) is 10.2 Å². The molecule has 3 rings (SSSR count). The Morgan fingerprint density at radius 1 is 1.14 bits per heavy atom. The number of likely N-dealkylation sites (tertiary alicyclic amines) is 1.